The van der Waals surface area contributed by atoms with Crippen molar-refractivity contribution >= 4 is 28.6 Å². The van der Waals surface area contributed by atoms with E-state index in [1.165, 1.54) is 28.5 Å². The van der Waals surface area contributed by atoms with E-state index in [1.54, 1.807) is 24.3 Å². The van der Waals surface area contributed by atoms with Crippen LogP contribution in [-0.2, 0) is 4.79 Å². The van der Waals surface area contributed by atoms with E-state index in [4.69, 9.17) is 0 Å². The van der Waals surface area contributed by atoms with Crippen molar-refractivity contribution in [3.63, 3.8) is 0 Å². The Morgan fingerprint density at radius 1 is 1.13 bits per heavy atom. The zero-order chi connectivity index (χ0) is 21.8. The second-order valence-corrected chi connectivity index (χ2v) is 9.11. The molecule has 1 fully saturated rings. The van der Waals surface area contributed by atoms with E-state index in [2.05, 4.69) is 11.9 Å². The lowest BCUT2D eigenvalue weighted by molar-refractivity contribution is -0.132. The van der Waals surface area contributed by atoms with Crippen LogP contribution >= 0.6 is 11.8 Å². The molecule has 0 spiro atoms. The van der Waals surface area contributed by atoms with Gasteiger partial charge in [0.15, 0.2) is 5.16 Å². The first-order valence-corrected chi connectivity index (χ1v) is 11.7. The summed E-state index contributed by atoms with van der Waals surface area (Å²) in [5.41, 5.74) is 1.02. The van der Waals surface area contributed by atoms with Crippen molar-refractivity contribution in [1.82, 2.24) is 14.5 Å². The number of likely N-dealkylation sites (tertiary alicyclic amines) is 1. The second kappa shape index (κ2) is 9.64. The van der Waals surface area contributed by atoms with Gasteiger partial charge in [-0.25, -0.2) is 9.37 Å². The number of amides is 1. The Morgan fingerprint density at radius 3 is 2.58 bits per heavy atom. The number of fused-ring (bicyclic) bond motifs is 1. The van der Waals surface area contributed by atoms with Crippen molar-refractivity contribution < 1.29 is 9.18 Å². The first-order valence-electron chi connectivity index (χ1n) is 10.7. The Bertz CT molecular complexity index is 1120. The van der Waals surface area contributed by atoms with E-state index in [9.17, 15) is 14.0 Å². The van der Waals surface area contributed by atoms with Crippen LogP contribution in [0.4, 0.5) is 4.39 Å². The molecule has 1 saturated heterocycles. The fourth-order valence-corrected chi connectivity index (χ4v) is 4.78. The molecule has 0 unspecified atom stereocenters. The number of benzene rings is 2. The van der Waals surface area contributed by atoms with Crippen molar-refractivity contribution in [1.29, 1.82) is 0 Å². The molecule has 1 aliphatic rings. The first-order chi connectivity index (χ1) is 15.0. The number of carbonyl (C=O) groups excluding carboxylic acids is 1. The van der Waals surface area contributed by atoms with Gasteiger partial charge >= 0.3 is 0 Å². The highest BCUT2D eigenvalue weighted by atomic mass is 32.2. The van der Waals surface area contributed by atoms with Crippen molar-refractivity contribution in [3.05, 3.63) is 64.7 Å². The normalized spacial score (nSPS) is 14.8. The van der Waals surface area contributed by atoms with E-state index in [1.807, 2.05) is 17.0 Å². The van der Waals surface area contributed by atoms with Crippen LogP contribution in [0.3, 0.4) is 0 Å². The fraction of sp³-hybridized carbons (Fsp3) is 0.375. The lowest BCUT2D eigenvalue weighted by Gasteiger charge is -2.30. The third-order valence-corrected chi connectivity index (χ3v) is 6.76. The summed E-state index contributed by atoms with van der Waals surface area (Å²) in [4.78, 5) is 32.3. The maximum Gasteiger partial charge on any atom is 0.266 e. The number of hydrogen-bond acceptors (Lipinski definition) is 4. The predicted octanol–water partition coefficient (Wildman–Crippen LogP) is 4.66. The van der Waals surface area contributed by atoms with Crippen LogP contribution in [0, 0.1) is 11.7 Å². The molecular weight excluding hydrogens is 413 g/mol. The molecule has 1 amide bonds. The van der Waals surface area contributed by atoms with Crippen LogP contribution in [-0.4, -0.2) is 39.2 Å². The molecule has 0 N–H and O–H groups in total. The molecule has 0 bridgehead atoms. The Hall–Kier alpha value is -2.67. The zero-order valence-electron chi connectivity index (χ0n) is 17.6. The topological polar surface area (TPSA) is 55.2 Å². The number of halogens is 1. The zero-order valence-corrected chi connectivity index (χ0v) is 18.4. The molecule has 1 aliphatic heterocycles. The number of piperidine rings is 1. The summed E-state index contributed by atoms with van der Waals surface area (Å²) in [5.74, 6) is 1.21. The van der Waals surface area contributed by atoms with Gasteiger partial charge in [0.1, 0.15) is 5.82 Å². The highest BCUT2D eigenvalue weighted by Crippen LogP contribution is 2.23. The number of hydrogen-bond donors (Lipinski definition) is 0. The van der Waals surface area contributed by atoms with Gasteiger partial charge in [0, 0.05) is 25.3 Å². The molecule has 2 heterocycles. The highest BCUT2D eigenvalue weighted by molar-refractivity contribution is 7.99. The maximum atomic E-state index is 13.4. The third-order valence-electron chi connectivity index (χ3n) is 5.73. The van der Waals surface area contributed by atoms with Crippen LogP contribution in [0.2, 0.25) is 0 Å². The van der Waals surface area contributed by atoms with E-state index < -0.39 is 0 Å². The Morgan fingerprint density at radius 2 is 1.84 bits per heavy atom. The van der Waals surface area contributed by atoms with Gasteiger partial charge in [0.25, 0.3) is 5.56 Å². The number of thioether (sulfide) groups is 1. The molecule has 162 valence electrons. The van der Waals surface area contributed by atoms with Gasteiger partial charge in [-0.2, -0.15) is 0 Å². The lowest BCUT2D eigenvalue weighted by atomic mass is 9.99. The van der Waals surface area contributed by atoms with Gasteiger partial charge in [-0.15, -0.1) is 0 Å². The first kappa shape index (κ1) is 21.6. The summed E-state index contributed by atoms with van der Waals surface area (Å²) in [5, 5.41) is 1.07. The van der Waals surface area contributed by atoms with Crippen molar-refractivity contribution in [3.8, 4) is 5.69 Å². The molecule has 1 aromatic heterocycles. The van der Waals surface area contributed by atoms with Gasteiger partial charge in [-0.05, 0) is 61.6 Å². The minimum absolute atomic E-state index is 0.182. The molecule has 2 aromatic carbocycles. The minimum Gasteiger partial charge on any atom is -0.343 e. The van der Waals surface area contributed by atoms with Crippen LogP contribution in [0.25, 0.3) is 16.6 Å². The van der Waals surface area contributed by atoms with E-state index >= 15 is 0 Å². The summed E-state index contributed by atoms with van der Waals surface area (Å²) in [6.45, 7) is 3.93. The van der Waals surface area contributed by atoms with Crippen LogP contribution in [0.15, 0.2) is 58.5 Å². The van der Waals surface area contributed by atoms with Gasteiger partial charge in [0.2, 0.25) is 5.91 Å². The molecule has 7 heteroatoms. The van der Waals surface area contributed by atoms with Gasteiger partial charge in [0.05, 0.1) is 16.6 Å². The summed E-state index contributed by atoms with van der Waals surface area (Å²) >= 11 is 1.45. The molecular formula is C24H26FN3O2S. The largest absolute Gasteiger partial charge is 0.343 e. The SMILES string of the molecule is CC1CCN(C(=O)CCCSc2nc3ccccc3c(=O)n2-c2ccc(F)cc2)CC1. The molecule has 0 radical (unpaired) electrons. The molecule has 0 atom stereocenters. The molecule has 5 nitrogen and oxygen atoms in total. The lowest BCUT2D eigenvalue weighted by Crippen LogP contribution is -2.37. The predicted molar refractivity (Wildman–Crippen MR) is 122 cm³/mol. The Labute approximate surface area is 185 Å². The molecule has 4 rings (SSSR count). The number of carbonyl (C=O) groups is 1. The van der Waals surface area contributed by atoms with E-state index in [0.717, 1.165) is 25.9 Å². The number of aromatic nitrogens is 2. The van der Waals surface area contributed by atoms with Gasteiger partial charge in [-0.1, -0.05) is 30.8 Å². The fourth-order valence-electron chi connectivity index (χ4n) is 3.83. The van der Waals surface area contributed by atoms with Crippen LogP contribution < -0.4 is 5.56 Å². The standard InChI is InChI=1S/C24H26FN3O2S/c1-17-12-14-27(15-13-17)22(29)7-4-16-31-24-26-21-6-3-2-5-20(21)23(30)28(24)19-10-8-18(25)9-11-19/h2-3,5-6,8-11,17H,4,7,12-16H2,1H3. The summed E-state index contributed by atoms with van der Waals surface area (Å²) in [6, 6.07) is 13.1. The third kappa shape index (κ3) is 4.98. The quantitative estimate of drug-likeness (QED) is 0.319. The average Bonchev–Trinajstić information content (AvgIpc) is 2.78. The molecule has 0 saturated carbocycles. The Kier molecular flexibility index (Phi) is 6.70. The second-order valence-electron chi connectivity index (χ2n) is 8.04. The van der Waals surface area contributed by atoms with Crippen LogP contribution in [0.1, 0.15) is 32.6 Å². The van der Waals surface area contributed by atoms with Crippen LogP contribution in [0.5, 0.6) is 0 Å². The number of para-hydroxylation sites is 1. The van der Waals surface area contributed by atoms with Crippen molar-refractivity contribution in [2.45, 2.75) is 37.8 Å². The number of nitrogens with zero attached hydrogens (tertiary/aromatic N) is 3. The summed E-state index contributed by atoms with van der Waals surface area (Å²) in [7, 11) is 0. The van der Waals surface area contributed by atoms with Gasteiger partial charge < -0.3 is 4.90 Å². The smallest absolute Gasteiger partial charge is 0.266 e. The monoisotopic (exact) mass is 439 g/mol. The molecule has 31 heavy (non-hydrogen) atoms. The number of rotatable bonds is 6. The van der Waals surface area contributed by atoms with Gasteiger partial charge in [-0.3, -0.25) is 14.2 Å². The highest BCUT2D eigenvalue weighted by Gasteiger charge is 2.20. The maximum absolute atomic E-state index is 13.4. The van der Waals surface area contributed by atoms with Crippen molar-refractivity contribution in [2.75, 3.05) is 18.8 Å². The van der Waals surface area contributed by atoms with E-state index in [-0.39, 0.29) is 17.3 Å². The molecule has 3 aromatic rings. The summed E-state index contributed by atoms with van der Waals surface area (Å²) in [6.07, 6.45) is 3.36. The summed E-state index contributed by atoms with van der Waals surface area (Å²) < 4.78 is 14.9. The minimum atomic E-state index is -0.356. The molecule has 0 aliphatic carbocycles. The average molecular weight is 440 g/mol. The van der Waals surface area contributed by atoms with E-state index in [0.29, 0.717) is 46.3 Å². The van der Waals surface area contributed by atoms with Crippen molar-refractivity contribution in [2.24, 2.45) is 5.92 Å². The Balaban J connectivity index is 1.50.